The third-order valence-corrected chi connectivity index (χ3v) is 3.88. The van der Waals surface area contributed by atoms with E-state index >= 15 is 0 Å². The molecule has 1 aliphatic carbocycles. The first-order chi connectivity index (χ1) is 8.74. The van der Waals surface area contributed by atoms with Crippen molar-refractivity contribution in [3.05, 3.63) is 30.1 Å². The highest BCUT2D eigenvalue weighted by Gasteiger charge is 2.30. The second-order valence-corrected chi connectivity index (χ2v) is 5.23. The van der Waals surface area contributed by atoms with E-state index in [2.05, 4.69) is 5.32 Å². The number of hydrogen-bond acceptors (Lipinski definition) is 2. The first-order valence-corrected chi connectivity index (χ1v) is 6.70. The quantitative estimate of drug-likeness (QED) is 0.805. The lowest BCUT2D eigenvalue weighted by Gasteiger charge is -2.32. The third-order valence-electron chi connectivity index (χ3n) is 3.88. The number of nitrogens with one attached hydrogen (secondary N) is 1. The van der Waals surface area contributed by atoms with Gasteiger partial charge < -0.3 is 10.1 Å². The number of carbonyl (C=O) groups excluding carboxylic acids is 1. The Bertz CT molecular complexity index is 399. The number of rotatable bonds is 5. The molecule has 1 aromatic rings. The Morgan fingerprint density at radius 3 is 2.72 bits per heavy atom. The highest BCUT2D eigenvalue weighted by atomic mass is 19.1. The van der Waals surface area contributed by atoms with Crippen LogP contribution in [0.5, 0.6) is 0 Å². The summed E-state index contributed by atoms with van der Waals surface area (Å²) in [6.07, 6.45) is 7.53. The highest BCUT2D eigenvalue weighted by molar-refractivity contribution is 5.59. The molecule has 1 aliphatic rings. The van der Waals surface area contributed by atoms with Crippen LogP contribution in [0.15, 0.2) is 24.3 Å². The Morgan fingerprint density at radius 1 is 1.28 bits per heavy atom. The van der Waals surface area contributed by atoms with Crippen molar-refractivity contribution in [2.24, 2.45) is 5.41 Å². The van der Waals surface area contributed by atoms with Crippen molar-refractivity contribution >= 4 is 12.0 Å². The summed E-state index contributed by atoms with van der Waals surface area (Å²) >= 11 is 0. The summed E-state index contributed by atoms with van der Waals surface area (Å²) in [5.74, 6) is -0.234. The highest BCUT2D eigenvalue weighted by Crippen LogP contribution is 2.37. The number of anilines is 1. The van der Waals surface area contributed by atoms with Crippen LogP contribution in [0.4, 0.5) is 10.1 Å². The second-order valence-electron chi connectivity index (χ2n) is 5.23. The lowest BCUT2D eigenvalue weighted by Crippen LogP contribution is -2.28. The Morgan fingerprint density at radius 2 is 2.06 bits per heavy atom. The lowest BCUT2D eigenvalue weighted by atomic mass is 9.73. The fraction of sp³-hybridized carbons (Fsp3) is 0.533. The summed E-state index contributed by atoms with van der Waals surface area (Å²) in [5, 5.41) is 3.19. The van der Waals surface area contributed by atoms with Gasteiger partial charge in [0.25, 0.3) is 0 Å². The van der Waals surface area contributed by atoms with Gasteiger partial charge in [-0.15, -0.1) is 0 Å². The zero-order chi connectivity index (χ0) is 12.8. The first kappa shape index (κ1) is 13.1. The van der Waals surface area contributed by atoms with Gasteiger partial charge in [-0.1, -0.05) is 25.3 Å². The van der Waals surface area contributed by atoms with E-state index in [4.69, 9.17) is 0 Å². The van der Waals surface area contributed by atoms with Gasteiger partial charge in [0.15, 0.2) is 0 Å². The molecule has 0 aromatic heterocycles. The van der Waals surface area contributed by atoms with Crippen molar-refractivity contribution in [1.82, 2.24) is 0 Å². The maximum atomic E-state index is 13.0. The monoisotopic (exact) mass is 249 g/mol. The number of hydrogen-bond donors (Lipinski definition) is 1. The summed E-state index contributed by atoms with van der Waals surface area (Å²) < 4.78 is 13.0. The van der Waals surface area contributed by atoms with Gasteiger partial charge in [-0.3, -0.25) is 0 Å². The number of aldehydes is 1. The average molecular weight is 249 g/mol. The predicted molar refractivity (Wildman–Crippen MR) is 71.1 cm³/mol. The zero-order valence-electron chi connectivity index (χ0n) is 10.6. The van der Waals surface area contributed by atoms with Crippen LogP contribution in [-0.2, 0) is 4.79 Å². The van der Waals surface area contributed by atoms with Crippen molar-refractivity contribution in [3.8, 4) is 0 Å². The molecule has 2 rings (SSSR count). The summed E-state index contributed by atoms with van der Waals surface area (Å²) in [4.78, 5) is 11.3. The molecule has 0 bridgehead atoms. The fourth-order valence-electron chi connectivity index (χ4n) is 2.74. The largest absolute Gasteiger partial charge is 0.385 e. The molecular formula is C15H20FNO. The van der Waals surface area contributed by atoms with E-state index < -0.39 is 0 Å². The van der Waals surface area contributed by atoms with Crippen molar-refractivity contribution in [3.63, 3.8) is 0 Å². The molecule has 0 saturated heterocycles. The zero-order valence-corrected chi connectivity index (χ0v) is 10.6. The first-order valence-electron chi connectivity index (χ1n) is 6.70. The summed E-state index contributed by atoms with van der Waals surface area (Å²) in [7, 11) is 0. The normalized spacial score (nSPS) is 18.3. The molecule has 1 aromatic carbocycles. The molecule has 3 heteroatoms. The van der Waals surface area contributed by atoms with Crippen LogP contribution in [-0.4, -0.2) is 12.8 Å². The van der Waals surface area contributed by atoms with E-state index in [-0.39, 0.29) is 11.2 Å². The maximum absolute atomic E-state index is 13.0. The number of benzene rings is 1. The number of carbonyl (C=O) groups is 1. The van der Waals surface area contributed by atoms with Crippen LogP contribution >= 0.6 is 0 Å². The van der Waals surface area contributed by atoms with Crippen molar-refractivity contribution in [1.29, 1.82) is 0 Å². The third kappa shape index (κ3) is 3.31. The van der Waals surface area contributed by atoms with Crippen LogP contribution in [0, 0.1) is 11.2 Å². The van der Waals surface area contributed by atoms with E-state index in [0.29, 0.717) is 0 Å². The molecule has 1 fully saturated rings. The van der Waals surface area contributed by atoms with Gasteiger partial charge in [-0.25, -0.2) is 4.39 Å². The second kappa shape index (κ2) is 5.98. The Hall–Kier alpha value is -1.38. The summed E-state index contributed by atoms with van der Waals surface area (Å²) in [6, 6.07) is 6.44. The minimum absolute atomic E-state index is 0.140. The van der Waals surface area contributed by atoms with Crippen LogP contribution in [0.25, 0.3) is 0 Å². The molecule has 0 heterocycles. The van der Waals surface area contributed by atoms with E-state index in [1.807, 2.05) is 6.07 Å². The standard InChI is InChI=1S/C15H20FNO/c16-13-5-4-6-14(11-13)17-10-9-15(12-18)7-2-1-3-8-15/h4-6,11-12,17H,1-3,7-10H2. The van der Waals surface area contributed by atoms with Gasteiger partial charge in [0.2, 0.25) is 0 Å². The van der Waals surface area contributed by atoms with E-state index in [1.54, 1.807) is 6.07 Å². The number of halogens is 1. The molecule has 0 amide bonds. The average Bonchev–Trinajstić information content (AvgIpc) is 2.40. The minimum atomic E-state index is -0.234. The summed E-state index contributed by atoms with van der Waals surface area (Å²) in [6.45, 7) is 0.724. The van der Waals surface area contributed by atoms with Crippen LogP contribution in [0.1, 0.15) is 38.5 Å². The lowest BCUT2D eigenvalue weighted by molar-refractivity contribution is -0.118. The molecule has 1 saturated carbocycles. The Balaban J connectivity index is 1.85. The van der Waals surface area contributed by atoms with Crippen molar-refractivity contribution < 1.29 is 9.18 Å². The van der Waals surface area contributed by atoms with Gasteiger partial charge >= 0.3 is 0 Å². The molecule has 0 atom stereocenters. The topological polar surface area (TPSA) is 29.1 Å². The molecule has 18 heavy (non-hydrogen) atoms. The molecule has 0 unspecified atom stereocenters. The van der Waals surface area contributed by atoms with Crippen molar-refractivity contribution in [2.45, 2.75) is 38.5 Å². The van der Waals surface area contributed by atoms with E-state index in [0.717, 1.165) is 50.6 Å². The Kier molecular flexibility index (Phi) is 4.34. The molecule has 0 spiro atoms. The van der Waals surface area contributed by atoms with Gasteiger partial charge in [0.05, 0.1) is 0 Å². The van der Waals surface area contributed by atoms with E-state index in [9.17, 15) is 9.18 Å². The van der Waals surface area contributed by atoms with Gasteiger partial charge in [0, 0.05) is 17.6 Å². The van der Waals surface area contributed by atoms with Crippen molar-refractivity contribution in [2.75, 3.05) is 11.9 Å². The minimum Gasteiger partial charge on any atom is -0.385 e. The molecule has 0 radical (unpaired) electrons. The molecule has 1 N–H and O–H groups in total. The SMILES string of the molecule is O=CC1(CCNc2cccc(F)c2)CCCCC1. The summed E-state index contributed by atoms with van der Waals surface area (Å²) in [5.41, 5.74) is 0.644. The van der Waals surface area contributed by atoms with Crippen LogP contribution in [0.2, 0.25) is 0 Å². The van der Waals surface area contributed by atoms with Gasteiger partial charge in [-0.05, 0) is 37.5 Å². The molecule has 2 nitrogen and oxygen atoms in total. The smallest absolute Gasteiger partial charge is 0.126 e. The van der Waals surface area contributed by atoms with Gasteiger partial charge in [0.1, 0.15) is 12.1 Å². The van der Waals surface area contributed by atoms with Crippen LogP contribution < -0.4 is 5.32 Å². The fourth-order valence-corrected chi connectivity index (χ4v) is 2.74. The predicted octanol–water partition coefficient (Wildman–Crippen LogP) is 3.78. The molecule has 98 valence electrons. The van der Waals surface area contributed by atoms with Crippen LogP contribution in [0.3, 0.4) is 0 Å². The Labute approximate surface area is 108 Å². The van der Waals surface area contributed by atoms with E-state index in [1.165, 1.54) is 18.6 Å². The maximum Gasteiger partial charge on any atom is 0.126 e. The molecular weight excluding hydrogens is 229 g/mol. The molecule has 0 aliphatic heterocycles. The van der Waals surface area contributed by atoms with Gasteiger partial charge in [-0.2, -0.15) is 0 Å².